The van der Waals surface area contributed by atoms with Crippen molar-refractivity contribution in [2.75, 3.05) is 18.5 Å². The van der Waals surface area contributed by atoms with Gasteiger partial charge in [-0.05, 0) is 36.2 Å². The lowest BCUT2D eigenvalue weighted by atomic mass is 10.1. The largest absolute Gasteiger partial charge is 0.452 e. The molecule has 2 aromatic rings. The predicted octanol–water partition coefficient (Wildman–Crippen LogP) is 2.44. The van der Waals surface area contributed by atoms with Crippen molar-refractivity contribution in [1.82, 2.24) is 5.32 Å². The van der Waals surface area contributed by atoms with Crippen molar-refractivity contribution < 1.29 is 27.9 Å². The molecule has 0 saturated carbocycles. The third-order valence-electron chi connectivity index (χ3n) is 3.61. The van der Waals surface area contributed by atoms with Crippen LogP contribution in [-0.2, 0) is 20.7 Å². The Labute approximate surface area is 154 Å². The Morgan fingerprint density at radius 2 is 1.74 bits per heavy atom. The van der Waals surface area contributed by atoms with E-state index in [2.05, 4.69) is 10.6 Å². The molecule has 2 amide bonds. The van der Waals surface area contributed by atoms with Crippen LogP contribution in [0.15, 0.2) is 42.5 Å². The summed E-state index contributed by atoms with van der Waals surface area (Å²) in [6, 6.07) is 9.77. The fourth-order valence-corrected chi connectivity index (χ4v) is 2.21. The first-order valence-corrected chi connectivity index (χ1v) is 8.17. The highest BCUT2D eigenvalue weighted by atomic mass is 19.2. The number of nitrogens with one attached hydrogen (secondary N) is 2. The van der Waals surface area contributed by atoms with Crippen LogP contribution >= 0.6 is 0 Å². The molecule has 142 valence electrons. The molecule has 2 aromatic carbocycles. The molecule has 0 aromatic heterocycles. The predicted molar refractivity (Wildman–Crippen MR) is 94.1 cm³/mol. The van der Waals surface area contributed by atoms with Crippen LogP contribution in [0.1, 0.15) is 22.8 Å². The van der Waals surface area contributed by atoms with E-state index in [-0.39, 0.29) is 12.1 Å². The molecule has 2 rings (SSSR count). The van der Waals surface area contributed by atoms with E-state index in [1.165, 1.54) is 0 Å². The van der Waals surface area contributed by atoms with Gasteiger partial charge in [0.05, 0.1) is 12.1 Å². The van der Waals surface area contributed by atoms with Gasteiger partial charge in [-0.2, -0.15) is 0 Å². The summed E-state index contributed by atoms with van der Waals surface area (Å²) in [5, 5.41) is 4.99. The first-order valence-electron chi connectivity index (χ1n) is 8.17. The fraction of sp³-hybridized carbons (Fsp3) is 0.211. The summed E-state index contributed by atoms with van der Waals surface area (Å²) in [4.78, 5) is 35.3. The molecule has 0 radical (unpaired) electrons. The number of halogens is 2. The number of hydrogen-bond donors (Lipinski definition) is 2. The smallest absolute Gasteiger partial charge is 0.338 e. The molecule has 0 fully saturated rings. The summed E-state index contributed by atoms with van der Waals surface area (Å²) < 4.78 is 30.6. The maximum absolute atomic E-state index is 13.1. The molecule has 0 atom stereocenters. The van der Waals surface area contributed by atoms with E-state index in [9.17, 15) is 23.2 Å². The Kier molecular flexibility index (Phi) is 6.99. The molecule has 0 aliphatic carbocycles. The van der Waals surface area contributed by atoms with E-state index in [0.717, 1.165) is 24.1 Å². The number of esters is 1. The highest BCUT2D eigenvalue weighted by Crippen LogP contribution is 2.15. The number of benzene rings is 2. The molecular weight excluding hydrogens is 358 g/mol. The molecule has 0 spiro atoms. The second-order valence-corrected chi connectivity index (χ2v) is 5.54. The summed E-state index contributed by atoms with van der Waals surface area (Å²) in [5.41, 5.74) is 1.39. The number of para-hydroxylation sites is 1. The van der Waals surface area contributed by atoms with Crippen molar-refractivity contribution in [2.24, 2.45) is 0 Å². The Bertz CT molecular complexity index is 855. The van der Waals surface area contributed by atoms with Crippen molar-refractivity contribution in [3.05, 3.63) is 65.2 Å². The molecule has 0 aliphatic rings. The zero-order valence-electron chi connectivity index (χ0n) is 14.6. The van der Waals surface area contributed by atoms with Crippen molar-refractivity contribution in [2.45, 2.75) is 13.3 Å². The van der Waals surface area contributed by atoms with E-state index >= 15 is 0 Å². The first-order chi connectivity index (χ1) is 12.9. The molecule has 2 N–H and O–H groups in total. The van der Waals surface area contributed by atoms with Crippen LogP contribution in [0.3, 0.4) is 0 Å². The van der Waals surface area contributed by atoms with Crippen molar-refractivity contribution in [3.63, 3.8) is 0 Å². The van der Waals surface area contributed by atoms with Gasteiger partial charge in [-0.3, -0.25) is 9.59 Å². The molecule has 27 heavy (non-hydrogen) atoms. The lowest BCUT2D eigenvalue weighted by molar-refractivity contribution is -0.126. The van der Waals surface area contributed by atoms with Gasteiger partial charge in [0.1, 0.15) is 0 Å². The van der Waals surface area contributed by atoms with Crippen molar-refractivity contribution in [1.29, 1.82) is 0 Å². The minimum Gasteiger partial charge on any atom is -0.452 e. The Hall–Kier alpha value is -3.29. The number of anilines is 1. The van der Waals surface area contributed by atoms with E-state index < -0.39 is 36.0 Å². The third-order valence-corrected chi connectivity index (χ3v) is 3.61. The molecule has 0 aliphatic heterocycles. The van der Waals surface area contributed by atoms with Crippen LogP contribution in [0, 0.1) is 11.6 Å². The number of carbonyl (C=O) groups excluding carboxylic acids is 3. The van der Waals surface area contributed by atoms with Gasteiger partial charge in [0.15, 0.2) is 18.2 Å². The monoisotopic (exact) mass is 376 g/mol. The van der Waals surface area contributed by atoms with Crippen LogP contribution in [0.4, 0.5) is 14.5 Å². The highest BCUT2D eigenvalue weighted by Gasteiger charge is 2.14. The van der Waals surface area contributed by atoms with E-state index in [4.69, 9.17) is 4.74 Å². The van der Waals surface area contributed by atoms with Gasteiger partial charge in [0.25, 0.3) is 5.91 Å². The number of carbonyl (C=O) groups is 3. The maximum Gasteiger partial charge on any atom is 0.338 e. The van der Waals surface area contributed by atoms with Crippen LogP contribution in [0.2, 0.25) is 0 Å². The normalized spacial score (nSPS) is 10.2. The Balaban J connectivity index is 1.77. The van der Waals surface area contributed by atoms with Gasteiger partial charge in [-0.25, -0.2) is 13.6 Å². The van der Waals surface area contributed by atoms with Gasteiger partial charge in [0, 0.05) is 5.69 Å². The summed E-state index contributed by atoms with van der Waals surface area (Å²) in [6.45, 7) is 0.990. The van der Waals surface area contributed by atoms with Gasteiger partial charge in [0.2, 0.25) is 5.91 Å². The van der Waals surface area contributed by atoms with Crippen LogP contribution in [0.25, 0.3) is 0 Å². The lowest BCUT2D eigenvalue weighted by Crippen LogP contribution is -2.35. The van der Waals surface area contributed by atoms with E-state index in [1.807, 2.05) is 19.1 Å². The second kappa shape index (κ2) is 9.42. The summed E-state index contributed by atoms with van der Waals surface area (Å²) >= 11 is 0. The molecule has 6 nitrogen and oxygen atoms in total. The highest BCUT2D eigenvalue weighted by molar-refractivity contribution is 5.96. The number of hydrogen-bond acceptors (Lipinski definition) is 4. The summed E-state index contributed by atoms with van der Waals surface area (Å²) in [5.74, 6) is -4.41. The van der Waals surface area contributed by atoms with Crippen LogP contribution in [-0.4, -0.2) is 30.9 Å². The molecule has 0 heterocycles. The van der Waals surface area contributed by atoms with Crippen molar-refractivity contribution in [3.8, 4) is 0 Å². The molecule has 8 heteroatoms. The number of rotatable bonds is 7. The van der Waals surface area contributed by atoms with Gasteiger partial charge >= 0.3 is 5.97 Å². The van der Waals surface area contributed by atoms with E-state index in [1.54, 1.807) is 12.1 Å². The topological polar surface area (TPSA) is 84.5 Å². The number of ether oxygens (including phenoxy) is 1. The maximum atomic E-state index is 13.1. The summed E-state index contributed by atoms with van der Waals surface area (Å²) in [7, 11) is 0. The lowest BCUT2D eigenvalue weighted by Gasteiger charge is -2.10. The zero-order chi connectivity index (χ0) is 19.8. The quantitative estimate of drug-likeness (QED) is 0.727. The average molecular weight is 376 g/mol. The van der Waals surface area contributed by atoms with Crippen molar-refractivity contribution >= 4 is 23.5 Å². The van der Waals surface area contributed by atoms with Gasteiger partial charge in [-0.1, -0.05) is 25.1 Å². The fourth-order valence-electron chi connectivity index (χ4n) is 2.21. The Morgan fingerprint density at radius 1 is 1.00 bits per heavy atom. The molecule has 0 bridgehead atoms. The van der Waals surface area contributed by atoms with E-state index in [0.29, 0.717) is 11.8 Å². The molecular formula is C19H18F2N2O4. The summed E-state index contributed by atoms with van der Waals surface area (Å²) in [6.07, 6.45) is 0.739. The van der Waals surface area contributed by atoms with Crippen LogP contribution < -0.4 is 10.6 Å². The second-order valence-electron chi connectivity index (χ2n) is 5.54. The Morgan fingerprint density at radius 3 is 2.44 bits per heavy atom. The number of amides is 2. The van der Waals surface area contributed by atoms with Crippen LogP contribution in [0.5, 0.6) is 0 Å². The standard InChI is InChI=1S/C19H18F2N2O4/c1-2-12-5-3-4-6-16(12)23-17(24)10-22-18(25)11-27-19(26)13-7-8-14(20)15(21)9-13/h3-9H,2,10-11H2,1H3,(H,22,25)(H,23,24). The molecule has 0 saturated heterocycles. The third kappa shape index (κ3) is 5.88. The zero-order valence-corrected chi connectivity index (χ0v) is 14.6. The average Bonchev–Trinajstić information content (AvgIpc) is 2.67. The number of aryl methyl sites for hydroxylation is 1. The minimum atomic E-state index is -1.20. The minimum absolute atomic E-state index is 0.226. The van der Waals surface area contributed by atoms with Gasteiger partial charge < -0.3 is 15.4 Å². The van der Waals surface area contributed by atoms with Gasteiger partial charge in [-0.15, -0.1) is 0 Å². The molecule has 0 unspecified atom stereocenters. The first kappa shape index (κ1) is 20.0. The SMILES string of the molecule is CCc1ccccc1NC(=O)CNC(=O)COC(=O)c1ccc(F)c(F)c1.